The highest BCUT2D eigenvalue weighted by Crippen LogP contribution is 2.41. The van der Waals surface area contributed by atoms with E-state index in [1.807, 2.05) is 49.5 Å². The highest BCUT2D eigenvalue weighted by atomic mass is 35.5. The molecule has 3 heterocycles. The molecule has 1 atom stereocenters. The molecule has 3 aromatic carbocycles. The molecule has 0 bridgehead atoms. The van der Waals surface area contributed by atoms with Crippen molar-refractivity contribution in [3.05, 3.63) is 105 Å². The third-order valence-corrected chi connectivity index (χ3v) is 10.4. The number of nitrogens with zero attached hydrogens (tertiary/aromatic N) is 3. The van der Waals surface area contributed by atoms with E-state index in [9.17, 15) is 4.79 Å². The second-order valence-corrected chi connectivity index (χ2v) is 13.7. The van der Waals surface area contributed by atoms with E-state index in [0.717, 1.165) is 79.1 Å². The molecule has 6 rings (SSSR count). The molecular weight excluding hydrogens is 687 g/mol. The van der Waals surface area contributed by atoms with Crippen LogP contribution in [0.1, 0.15) is 57.9 Å². The minimum atomic E-state index is -0.224. The molecule has 10 nitrogen and oxygen atoms in total. The van der Waals surface area contributed by atoms with Crippen LogP contribution in [0.25, 0.3) is 11.0 Å². The van der Waals surface area contributed by atoms with Gasteiger partial charge in [-0.3, -0.25) is 9.78 Å². The minimum Gasteiger partial charge on any atom is -0.493 e. The number of rotatable bonds is 14. The number of para-hydroxylation sites is 1. The number of fused-ring (bicyclic) bond motifs is 1. The number of H-pyrrole nitrogens is 1. The number of halogens is 2. The first-order valence-corrected chi connectivity index (χ1v) is 17.9. The standard InChI is InChI=1S/C39H44Cl2N6O4/c1-24-30(22-34(49-2)37(51-4)36(24)50-3)38(48)43-23-27(25-11-12-31(40)32(41)21-25)13-17-47-18-14-28(15-19-47)44-39-45-33-10-7-8-26(35(33)46-39)20-29-9-5-6-16-42-29/h5-12,16,21-22,27-28H,13-15,17-20,23H2,1-4H3,(H,43,48)(H2,44,45,46). The molecule has 0 radical (unpaired) electrons. The van der Waals surface area contributed by atoms with Crippen molar-refractivity contribution in [1.82, 2.24) is 25.2 Å². The molecule has 268 valence electrons. The molecule has 3 N–H and O–H groups in total. The lowest BCUT2D eigenvalue weighted by atomic mass is 9.94. The Bertz CT molecular complexity index is 1960. The summed E-state index contributed by atoms with van der Waals surface area (Å²) in [6.45, 7) is 5.03. The van der Waals surface area contributed by atoms with Gasteiger partial charge in [0.1, 0.15) is 0 Å². The monoisotopic (exact) mass is 730 g/mol. The van der Waals surface area contributed by atoms with Crippen LogP contribution in [0, 0.1) is 6.92 Å². The molecular formula is C39H44Cl2N6O4. The zero-order valence-corrected chi connectivity index (χ0v) is 30.9. The average Bonchev–Trinajstić information content (AvgIpc) is 3.57. The first kappa shape index (κ1) is 36.3. The molecule has 0 aliphatic carbocycles. The van der Waals surface area contributed by atoms with Crippen LogP contribution in [-0.4, -0.2) is 79.3 Å². The number of hydrogen-bond donors (Lipinski definition) is 3. The molecule has 12 heteroatoms. The van der Waals surface area contributed by atoms with Gasteiger partial charge in [0.25, 0.3) is 5.91 Å². The first-order valence-electron chi connectivity index (χ1n) is 17.2. The van der Waals surface area contributed by atoms with E-state index in [1.165, 1.54) is 7.11 Å². The summed E-state index contributed by atoms with van der Waals surface area (Å²) in [7, 11) is 4.62. The molecule has 5 aromatic rings. The maximum atomic E-state index is 13.6. The van der Waals surface area contributed by atoms with Crippen molar-refractivity contribution in [3.63, 3.8) is 0 Å². The summed E-state index contributed by atoms with van der Waals surface area (Å²) in [5.41, 5.74) is 6.32. The van der Waals surface area contributed by atoms with Crippen LogP contribution in [0.4, 0.5) is 5.95 Å². The van der Waals surface area contributed by atoms with E-state index in [4.69, 9.17) is 42.4 Å². The number of benzene rings is 3. The summed E-state index contributed by atoms with van der Waals surface area (Å²) in [6.07, 6.45) is 5.37. The van der Waals surface area contributed by atoms with Gasteiger partial charge < -0.3 is 34.7 Å². The highest BCUT2D eigenvalue weighted by Gasteiger charge is 2.25. The van der Waals surface area contributed by atoms with E-state index in [2.05, 4.69) is 43.7 Å². The smallest absolute Gasteiger partial charge is 0.251 e. The van der Waals surface area contributed by atoms with E-state index >= 15 is 0 Å². The van der Waals surface area contributed by atoms with Gasteiger partial charge in [0.15, 0.2) is 11.5 Å². The van der Waals surface area contributed by atoms with E-state index in [-0.39, 0.29) is 11.8 Å². The van der Waals surface area contributed by atoms with Gasteiger partial charge in [0.2, 0.25) is 11.7 Å². The normalized spacial score (nSPS) is 14.3. The van der Waals surface area contributed by atoms with Gasteiger partial charge in [-0.15, -0.1) is 0 Å². The van der Waals surface area contributed by atoms with Crippen LogP contribution in [0.2, 0.25) is 10.0 Å². The number of anilines is 1. The van der Waals surface area contributed by atoms with Gasteiger partial charge in [0.05, 0.1) is 42.4 Å². The number of aromatic nitrogens is 3. The van der Waals surface area contributed by atoms with Crippen LogP contribution in [0.5, 0.6) is 17.2 Å². The topological polar surface area (TPSA) is 114 Å². The van der Waals surface area contributed by atoms with Crippen molar-refractivity contribution < 1.29 is 19.0 Å². The van der Waals surface area contributed by atoms with Gasteiger partial charge in [-0.05, 0) is 80.3 Å². The summed E-state index contributed by atoms with van der Waals surface area (Å²) >= 11 is 12.7. The van der Waals surface area contributed by atoms with E-state index in [0.29, 0.717) is 51.0 Å². The number of pyridine rings is 1. The van der Waals surface area contributed by atoms with Crippen molar-refractivity contribution in [3.8, 4) is 17.2 Å². The van der Waals surface area contributed by atoms with Gasteiger partial charge in [0, 0.05) is 61.0 Å². The number of likely N-dealkylation sites (tertiary alicyclic amines) is 1. The van der Waals surface area contributed by atoms with Crippen molar-refractivity contribution in [1.29, 1.82) is 0 Å². The molecule has 1 aliphatic rings. The molecule has 2 aromatic heterocycles. The van der Waals surface area contributed by atoms with Gasteiger partial charge in [-0.1, -0.05) is 47.5 Å². The molecule has 1 saturated heterocycles. The van der Waals surface area contributed by atoms with Crippen LogP contribution in [0.15, 0.2) is 66.9 Å². The lowest BCUT2D eigenvalue weighted by molar-refractivity contribution is 0.0948. The van der Waals surface area contributed by atoms with E-state index < -0.39 is 0 Å². The van der Waals surface area contributed by atoms with E-state index in [1.54, 1.807) is 20.3 Å². The third-order valence-electron chi connectivity index (χ3n) is 9.66. The number of aromatic amines is 1. The van der Waals surface area contributed by atoms with Crippen LogP contribution >= 0.6 is 23.2 Å². The summed E-state index contributed by atoms with van der Waals surface area (Å²) in [5.74, 6) is 1.93. The number of hydrogen-bond acceptors (Lipinski definition) is 8. The van der Waals surface area contributed by atoms with Crippen molar-refractivity contribution in [2.45, 2.75) is 44.6 Å². The largest absolute Gasteiger partial charge is 0.493 e. The van der Waals surface area contributed by atoms with Crippen LogP contribution in [-0.2, 0) is 6.42 Å². The number of ether oxygens (including phenoxy) is 3. The predicted molar refractivity (Wildman–Crippen MR) is 203 cm³/mol. The lowest BCUT2D eigenvalue weighted by Crippen LogP contribution is -2.40. The maximum Gasteiger partial charge on any atom is 0.251 e. The quantitative estimate of drug-likeness (QED) is 0.107. The van der Waals surface area contributed by atoms with Gasteiger partial charge >= 0.3 is 0 Å². The number of amides is 1. The molecule has 0 spiro atoms. The fourth-order valence-corrected chi connectivity index (χ4v) is 7.14. The average molecular weight is 732 g/mol. The van der Waals surface area contributed by atoms with Crippen molar-refractivity contribution >= 4 is 46.1 Å². The Balaban J connectivity index is 1.07. The summed E-state index contributed by atoms with van der Waals surface area (Å²) < 4.78 is 16.6. The number of piperidine rings is 1. The van der Waals surface area contributed by atoms with Gasteiger partial charge in [-0.25, -0.2) is 4.98 Å². The van der Waals surface area contributed by atoms with Gasteiger partial charge in [-0.2, -0.15) is 0 Å². The minimum absolute atomic E-state index is 0.0118. The SMILES string of the molecule is COc1cc(C(=O)NCC(CCN2CCC(Nc3nc4c(Cc5ccccn5)cccc4[nH]3)CC2)c2ccc(Cl)c(Cl)c2)c(C)c(OC)c1OC. The zero-order chi connectivity index (χ0) is 35.9. The number of carbonyl (C=O) groups excluding carboxylic acids is 1. The number of carbonyl (C=O) groups is 1. The predicted octanol–water partition coefficient (Wildman–Crippen LogP) is 7.67. The first-order chi connectivity index (χ1) is 24.8. The molecule has 51 heavy (non-hydrogen) atoms. The second-order valence-electron chi connectivity index (χ2n) is 12.8. The zero-order valence-electron chi connectivity index (χ0n) is 29.4. The molecule has 1 amide bonds. The Hall–Kier alpha value is -4.51. The molecule has 1 unspecified atom stereocenters. The Morgan fingerprint density at radius 2 is 1.78 bits per heavy atom. The van der Waals surface area contributed by atoms with Crippen LogP contribution in [0.3, 0.4) is 0 Å². The van der Waals surface area contributed by atoms with Crippen LogP contribution < -0.4 is 24.8 Å². The Morgan fingerprint density at radius 1 is 0.980 bits per heavy atom. The van der Waals surface area contributed by atoms with Crippen molar-refractivity contribution in [2.75, 3.05) is 52.8 Å². The molecule has 1 aliphatic heterocycles. The Morgan fingerprint density at radius 3 is 2.49 bits per heavy atom. The fourth-order valence-electron chi connectivity index (χ4n) is 6.83. The fraction of sp³-hybridized carbons (Fsp3) is 0.359. The Kier molecular flexibility index (Phi) is 11.9. The summed E-state index contributed by atoms with van der Waals surface area (Å²) in [4.78, 5) is 29.0. The van der Waals surface area contributed by atoms with Crippen molar-refractivity contribution in [2.24, 2.45) is 0 Å². The Labute approximate surface area is 308 Å². The number of nitrogens with one attached hydrogen (secondary N) is 3. The molecule has 1 fully saturated rings. The number of methoxy groups -OCH3 is 3. The number of imidazole rings is 1. The summed E-state index contributed by atoms with van der Waals surface area (Å²) in [6, 6.07) is 19.9. The summed E-state index contributed by atoms with van der Waals surface area (Å²) in [5, 5.41) is 7.80. The lowest BCUT2D eigenvalue weighted by Gasteiger charge is -2.33. The highest BCUT2D eigenvalue weighted by molar-refractivity contribution is 6.42. The second kappa shape index (κ2) is 16.7. The molecule has 0 saturated carbocycles. The maximum absolute atomic E-state index is 13.6. The third kappa shape index (κ3) is 8.52.